The zero-order chi connectivity index (χ0) is 17.6. The maximum Gasteiger partial charge on any atom is 0.194 e. The molecule has 2 aliphatic heterocycles. The van der Waals surface area contributed by atoms with Gasteiger partial charge >= 0.3 is 0 Å². The number of ether oxygens (including phenoxy) is 1. The Hall–Kier alpha value is -1.49. The molecule has 26 heavy (non-hydrogen) atoms. The molecule has 1 aromatic heterocycles. The van der Waals surface area contributed by atoms with Crippen LogP contribution in [0.3, 0.4) is 0 Å². The predicted octanol–water partition coefficient (Wildman–Crippen LogP) is 3.46. The summed E-state index contributed by atoms with van der Waals surface area (Å²) >= 11 is 0. The van der Waals surface area contributed by atoms with E-state index >= 15 is 0 Å². The van der Waals surface area contributed by atoms with Crippen LogP contribution in [0.5, 0.6) is 0 Å². The zero-order valence-electron chi connectivity index (χ0n) is 15.9. The van der Waals surface area contributed by atoms with Crippen LogP contribution in [-0.2, 0) is 11.2 Å². The Balaban J connectivity index is 1.36. The van der Waals surface area contributed by atoms with Gasteiger partial charge in [0.25, 0.3) is 0 Å². The van der Waals surface area contributed by atoms with E-state index in [-0.39, 0.29) is 0 Å². The summed E-state index contributed by atoms with van der Waals surface area (Å²) in [4.78, 5) is 7.48. The van der Waals surface area contributed by atoms with Crippen LogP contribution in [0.1, 0.15) is 50.7 Å². The van der Waals surface area contributed by atoms with E-state index < -0.39 is 0 Å². The van der Waals surface area contributed by atoms with Crippen molar-refractivity contribution in [2.75, 3.05) is 32.8 Å². The van der Waals surface area contributed by atoms with E-state index in [1.165, 1.54) is 44.9 Å². The largest absolute Gasteiger partial charge is 0.469 e. The van der Waals surface area contributed by atoms with Crippen molar-refractivity contribution < 1.29 is 9.15 Å². The number of nitrogens with one attached hydrogen (secondary N) is 1. The van der Waals surface area contributed by atoms with Crippen LogP contribution < -0.4 is 5.32 Å². The molecule has 1 N–H and O–H groups in total. The second-order valence-corrected chi connectivity index (χ2v) is 8.10. The highest BCUT2D eigenvalue weighted by molar-refractivity contribution is 5.80. The number of furan rings is 1. The number of hydrogen-bond acceptors (Lipinski definition) is 3. The van der Waals surface area contributed by atoms with Crippen LogP contribution in [-0.4, -0.2) is 49.7 Å². The van der Waals surface area contributed by atoms with Crippen LogP contribution in [0.15, 0.2) is 27.8 Å². The summed E-state index contributed by atoms with van der Waals surface area (Å²) in [5, 5.41) is 3.78. The van der Waals surface area contributed by atoms with Gasteiger partial charge in [-0.2, -0.15) is 0 Å². The van der Waals surface area contributed by atoms with Gasteiger partial charge in [-0.3, -0.25) is 4.99 Å². The van der Waals surface area contributed by atoms with E-state index in [1.54, 1.807) is 6.26 Å². The molecule has 0 bridgehead atoms. The number of nitrogens with zero attached hydrogens (tertiary/aromatic N) is 2. The summed E-state index contributed by atoms with van der Waals surface area (Å²) < 4.78 is 11.0. The highest BCUT2D eigenvalue weighted by Gasteiger charge is 2.32. The Morgan fingerprint density at radius 2 is 1.96 bits per heavy atom. The molecule has 5 nitrogen and oxygen atoms in total. The SMILES string of the molecule is c1coc(CCN=C(NC2CCCC2)N2CCC(C3CCOCC3)C2)c1. The lowest BCUT2D eigenvalue weighted by Crippen LogP contribution is -2.44. The molecule has 3 aliphatic rings. The highest BCUT2D eigenvalue weighted by atomic mass is 16.5. The number of guanidine groups is 1. The summed E-state index contributed by atoms with van der Waals surface area (Å²) in [6.45, 7) is 4.99. The molecule has 0 aromatic carbocycles. The lowest BCUT2D eigenvalue weighted by atomic mass is 9.85. The summed E-state index contributed by atoms with van der Waals surface area (Å²) in [7, 11) is 0. The molecule has 1 aromatic rings. The second-order valence-electron chi connectivity index (χ2n) is 8.10. The van der Waals surface area contributed by atoms with Crippen molar-refractivity contribution in [2.45, 2.75) is 57.4 Å². The minimum absolute atomic E-state index is 0.611. The first-order chi connectivity index (χ1) is 12.9. The van der Waals surface area contributed by atoms with Crippen molar-refractivity contribution in [1.29, 1.82) is 0 Å². The molecule has 1 aliphatic carbocycles. The summed E-state index contributed by atoms with van der Waals surface area (Å²) in [5.74, 6) is 3.80. The fourth-order valence-corrected chi connectivity index (χ4v) is 4.77. The van der Waals surface area contributed by atoms with Crippen molar-refractivity contribution in [3.63, 3.8) is 0 Å². The van der Waals surface area contributed by atoms with Crippen LogP contribution >= 0.6 is 0 Å². The van der Waals surface area contributed by atoms with Gasteiger partial charge in [0, 0.05) is 45.3 Å². The molecule has 1 atom stereocenters. The topological polar surface area (TPSA) is 50.0 Å². The maximum atomic E-state index is 5.55. The molecule has 0 radical (unpaired) electrons. The van der Waals surface area contributed by atoms with Gasteiger partial charge in [0.2, 0.25) is 0 Å². The number of aliphatic imine (C=N–C) groups is 1. The standard InChI is InChI=1S/C21H33N3O2/c1-2-5-19(4-1)23-21(22-11-7-20-6-3-13-26-20)24-12-8-18(16-24)17-9-14-25-15-10-17/h3,6,13,17-19H,1-2,4-5,7-12,14-16H2,(H,22,23). The molecule has 2 saturated heterocycles. The molecule has 3 fully saturated rings. The van der Waals surface area contributed by atoms with Crippen molar-refractivity contribution in [3.8, 4) is 0 Å². The van der Waals surface area contributed by atoms with Crippen molar-refractivity contribution in [2.24, 2.45) is 16.8 Å². The summed E-state index contributed by atoms with van der Waals surface area (Å²) in [5.41, 5.74) is 0. The molecule has 1 saturated carbocycles. The number of likely N-dealkylation sites (tertiary alicyclic amines) is 1. The normalized spacial score (nSPS) is 25.9. The quantitative estimate of drug-likeness (QED) is 0.646. The first kappa shape index (κ1) is 17.9. The average molecular weight is 360 g/mol. The van der Waals surface area contributed by atoms with Gasteiger partial charge in [0.15, 0.2) is 5.96 Å². The van der Waals surface area contributed by atoms with E-state index in [2.05, 4.69) is 10.2 Å². The van der Waals surface area contributed by atoms with E-state index in [4.69, 9.17) is 14.1 Å². The van der Waals surface area contributed by atoms with Gasteiger partial charge in [-0.15, -0.1) is 0 Å². The Morgan fingerprint density at radius 3 is 2.73 bits per heavy atom. The van der Waals surface area contributed by atoms with E-state index in [0.717, 1.165) is 62.8 Å². The Labute approximate surface area is 157 Å². The van der Waals surface area contributed by atoms with Gasteiger partial charge in [-0.25, -0.2) is 0 Å². The van der Waals surface area contributed by atoms with E-state index in [1.807, 2.05) is 12.1 Å². The average Bonchev–Trinajstić information content (AvgIpc) is 3.44. The van der Waals surface area contributed by atoms with Crippen LogP contribution in [0.25, 0.3) is 0 Å². The molecular weight excluding hydrogens is 326 g/mol. The fraction of sp³-hybridized carbons (Fsp3) is 0.762. The summed E-state index contributed by atoms with van der Waals surface area (Å²) in [6.07, 6.45) is 11.7. The van der Waals surface area contributed by atoms with Gasteiger partial charge < -0.3 is 19.4 Å². The Kier molecular flexibility index (Phi) is 6.15. The molecular formula is C21H33N3O2. The number of rotatable bonds is 5. The first-order valence-electron chi connectivity index (χ1n) is 10.5. The van der Waals surface area contributed by atoms with Crippen LogP contribution in [0.4, 0.5) is 0 Å². The second kappa shape index (κ2) is 8.94. The molecule has 3 heterocycles. The number of hydrogen-bond donors (Lipinski definition) is 1. The van der Waals surface area contributed by atoms with E-state index in [9.17, 15) is 0 Å². The third-order valence-corrected chi connectivity index (χ3v) is 6.35. The first-order valence-corrected chi connectivity index (χ1v) is 10.5. The maximum absolute atomic E-state index is 5.55. The summed E-state index contributed by atoms with van der Waals surface area (Å²) in [6, 6.07) is 4.60. The van der Waals surface area contributed by atoms with Gasteiger partial charge in [0.1, 0.15) is 5.76 Å². The monoisotopic (exact) mass is 359 g/mol. The molecule has 1 unspecified atom stereocenters. The zero-order valence-corrected chi connectivity index (χ0v) is 15.9. The van der Waals surface area contributed by atoms with Crippen molar-refractivity contribution in [3.05, 3.63) is 24.2 Å². The lowest BCUT2D eigenvalue weighted by molar-refractivity contribution is 0.0488. The van der Waals surface area contributed by atoms with Crippen LogP contribution in [0.2, 0.25) is 0 Å². The van der Waals surface area contributed by atoms with Gasteiger partial charge in [-0.1, -0.05) is 12.8 Å². The van der Waals surface area contributed by atoms with Gasteiger partial charge in [0.05, 0.1) is 6.26 Å². The molecule has 0 amide bonds. The third kappa shape index (κ3) is 4.61. The fourth-order valence-electron chi connectivity index (χ4n) is 4.77. The van der Waals surface area contributed by atoms with E-state index in [0.29, 0.717) is 6.04 Å². The Morgan fingerprint density at radius 1 is 1.12 bits per heavy atom. The third-order valence-electron chi connectivity index (χ3n) is 6.35. The minimum Gasteiger partial charge on any atom is -0.469 e. The molecule has 0 spiro atoms. The van der Waals surface area contributed by atoms with Crippen molar-refractivity contribution >= 4 is 5.96 Å². The van der Waals surface area contributed by atoms with Crippen molar-refractivity contribution in [1.82, 2.24) is 10.2 Å². The predicted molar refractivity (Wildman–Crippen MR) is 103 cm³/mol. The Bertz CT molecular complexity index is 560. The highest BCUT2D eigenvalue weighted by Crippen LogP contribution is 2.31. The molecule has 4 rings (SSSR count). The van der Waals surface area contributed by atoms with Crippen LogP contribution in [0, 0.1) is 11.8 Å². The molecule has 5 heteroatoms. The lowest BCUT2D eigenvalue weighted by Gasteiger charge is -2.29. The minimum atomic E-state index is 0.611. The smallest absolute Gasteiger partial charge is 0.194 e. The molecule has 144 valence electrons. The van der Waals surface area contributed by atoms with Gasteiger partial charge in [-0.05, 0) is 56.1 Å².